The SMILES string of the molecule is O=C(NC1(CCl)CCCCC1)c1cccc(Br)c1F. The van der Waals surface area contributed by atoms with E-state index < -0.39 is 5.82 Å². The van der Waals surface area contributed by atoms with Gasteiger partial charge in [0.25, 0.3) is 5.91 Å². The van der Waals surface area contributed by atoms with Gasteiger partial charge in [-0.15, -0.1) is 11.6 Å². The van der Waals surface area contributed by atoms with Gasteiger partial charge < -0.3 is 5.32 Å². The number of nitrogens with one attached hydrogen (secondary N) is 1. The number of hydrogen-bond acceptors (Lipinski definition) is 1. The van der Waals surface area contributed by atoms with E-state index in [1.807, 2.05) is 0 Å². The molecule has 2 nitrogen and oxygen atoms in total. The maximum absolute atomic E-state index is 13.9. The van der Waals surface area contributed by atoms with E-state index in [0.29, 0.717) is 10.4 Å². The number of rotatable bonds is 3. The molecule has 0 saturated heterocycles. The van der Waals surface area contributed by atoms with Crippen molar-refractivity contribution in [1.29, 1.82) is 0 Å². The molecule has 0 aromatic heterocycles. The standard InChI is InChI=1S/C14H16BrClFNO/c15-11-6-4-5-10(12(11)17)13(19)18-14(9-16)7-2-1-3-8-14/h4-6H,1-3,7-9H2,(H,18,19). The average Bonchev–Trinajstić information content (AvgIpc) is 2.42. The topological polar surface area (TPSA) is 29.1 Å². The van der Waals surface area contributed by atoms with Crippen LogP contribution in [0.2, 0.25) is 0 Å². The number of benzene rings is 1. The fourth-order valence-electron chi connectivity index (χ4n) is 2.51. The molecule has 0 heterocycles. The summed E-state index contributed by atoms with van der Waals surface area (Å²) in [5, 5.41) is 2.93. The molecule has 0 spiro atoms. The minimum atomic E-state index is -0.527. The van der Waals surface area contributed by atoms with Crippen molar-refractivity contribution in [2.24, 2.45) is 0 Å². The van der Waals surface area contributed by atoms with Crippen LogP contribution >= 0.6 is 27.5 Å². The third-order valence-electron chi connectivity index (χ3n) is 3.64. The quantitative estimate of drug-likeness (QED) is 0.813. The van der Waals surface area contributed by atoms with Gasteiger partial charge in [0.05, 0.1) is 15.6 Å². The predicted octanol–water partition coefficient (Wildman–Crippen LogP) is 4.26. The highest BCUT2D eigenvalue weighted by molar-refractivity contribution is 9.10. The van der Waals surface area contributed by atoms with Crippen molar-refractivity contribution in [1.82, 2.24) is 5.32 Å². The summed E-state index contributed by atoms with van der Waals surface area (Å²) < 4.78 is 14.2. The van der Waals surface area contributed by atoms with E-state index >= 15 is 0 Å². The summed E-state index contributed by atoms with van der Waals surface area (Å²) in [7, 11) is 0. The van der Waals surface area contributed by atoms with E-state index in [1.54, 1.807) is 12.1 Å². The largest absolute Gasteiger partial charge is 0.345 e. The third kappa shape index (κ3) is 3.29. The van der Waals surface area contributed by atoms with Crippen molar-refractivity contribution < 1.29 is 9.18 Å². The van der Waals surface area contributed by atoms with Gasteiger partial charge >= 0.3 is 0 Å². The molecule has 1 saturated carbocycles. The van der Waals surface area contributed by atoms with Gasteiger partial charge in [0.1, 0.15) is 5.82 Å². The molecule has 1 aromatic rings. The lowest BCUT2D eigenvalue weighted by molar-refractivity contribution is 0.0880. The summed E-state index contributed by atoms with van der Waals surface area (Å²) in [6.45, 7) is 0. The van der Waals surface area contributed by atoms with E-state index in [4.69, 9.17) is 11.6 Å². The Hall–Kier alpha value is -0.610. The lowest BCUT2D eigenvalue weighted by Gasteiger charge is -2.36. The average molecular weight is 349 g/mol. The highest BCUT2D eigenvalue weighted by Gasteiger charge is 2.33. The molecular formula is C14H16BrClFNO. The molecule has 1 amide bonds. The Morgan fingerprint density at radius 2 is 2.05 bits per heavy atom. The molecule has 104 valence electrons. The van der Waals surface area contributed by atoms with Crippen LogP contribution in [0, 0.1) is 5.82 Å². The summed E-state index contributed by atoms with van der Waals surface area (Å²) in [5.74, 6) is -0.546. The van der Waals surface area contributed by atoms with Crippen molar-refractivity contribution in [3.8, 4) is 0 Å². The monoisotopic (exact) mass is 347 g/mol. The van der Waals surface area contributed by atoms with E-state index in [9.17, 15) is 9.18 Å². The number of alkyl halides is 1. The maximum atomic E-state index is 13.9. The predicted molar refractivity (Wildman–Crippen MR) is 78.1 cm³/mol. The van der Waals surface area contributed by atoms with Gasteiger partial charge in [-0.1, -0.05) is 25.3 Å². The molecule has 5 heteroatoms. The van der Waals surface area contributed by atoms with Crippen molar-refractivity contribution in [2.45, 2.75) is 37.6 Å². The van der Waals surface area contributed by atoms with Crippen LogP contribution in [0.5, 0.6) is 0 Å². The lowest BCUT2D eigenvalue weighted by atomic mass is 9.83. The van der Waals surface area contributed by atoms with Crippen LogP contribution in [0.4, 0.5) is 4.39 Å². The first-order valence-electron chi connectivity index (χ1n) is 6.40. The zero-order chi connectivity index (χ0) is 13.9. The Bertz CT molecular complexity index is 475. The molecule has 0 aliphatic heterocycles. The first-order valence-corrected chi connectivity index (χ1v) is 7.73. The minimum absolute atomic E-state index is 0.0597. The van der Waals surface area contributed by atoms with Crippen LogP contribution in [0.25, 0.3) is 0 Å². The molecule has 2 rings (SSSR count). The van der Waals surface area contributed by atoms with Gasteiger partial charge in [0.15, 0.2) is 0 Å². The fourth-order valence-corrected chi connectivity index (χ4v) is 3.21. The number of amides is 1. The summed E-state index contributed by atoms with van der Waals surface area (Å²) in [4.78, 5) is 12.2. The molecule has 0 atom stereocenters. The van der Waals surface area contributed by atoms with Gasteiger partial charge in [-0.3, -0.25) is 4.79 Å². The first-order chi connectivity index (χ1) is 9.08. The molecule has 19 heavy (non-hydrogen) atoms. The van der Waals surface area contributed by atoms with E-state index in [2.05, 4.69) is 21.2 Å². The fraction of sp³-hybridized carbons (Fsp3) is 0.500. The Morgan fingerprint density at radius 3 is 2.68 bits per heavy atom. The molecule has 1 aromatic carbocycles. The highest BCUT2D eigenvalue weighted by atomic mass is 79.9. The second-order valence-corrected chi connectivity index (χ2v) is 6.15. The Kier molecular flexibility index (Phi) is 4.85. The maximum Gasteiger partial charge on any atom is 0.254 e. The zero-order valence-electron chi connectivity index (χ0n) is 10.5. The summed E-state index contributed by atoms with van der Waals surface area (Å²) >= 11 is 9.11. The number of carbonyl (C=O) groups is 1. The Labute approximate surface area is 125 Å². The van der Waals surface area contributed by atoms with Crippen LogP contribution in [0.15, 0.2) is 22.7 Å². The Balaban J connectivity index is 2.17. The van der Waals surface area contributed by atoms with Crippen molar-refractivity contribution >= 4 is 33.4 Å². The van der Waals surface area contributed by atoms with Crippen molar-refractivity contribution in [2.75, 3.05) is 5.88 Å². The van der Waals surface area contributed by atoms with Gasteiger partial charge in [0, 0.05) is 5.88 Å². The van der Waals surface area contributed by atoms with E-state index in [0.717, 1.165) is 25.7 Å². The molecule has 1 aliphatic rings. The van der Waals surface area contributed by atoms with Crippen molar-refractivity contribution in [3.05, 3.63) is 34.1 Å². The Morgan fingerprint density at radius 1 is 1.37 bits per heavy atom. The molecule has 1 N–H and O–H groups in total. The van der Waals surface area contributed by atoms with Gasteiger partial charge in [-0.05, 0) is 40.9 Å². The van der Waals surface area contributed by atoms with Crippen LogP contribution in [-0.2, 0) is 0 Å². The van der Waals surface area contributed by atoms with Gasteiger partial charge in [-0.2, -0.15) is 0 Å². The number of carbonyl (C=O) groups excluding carboxylic acids is 1. The van der Waals surface area contributed by atoms with Gasteiger partial charge in [-0.25, -0.2) is 4.39 Å². The van der Waals surface area contributed by atoms with Crippen molar-refractivity contribution in [3.63, 3.8) is 0 Å². The summed E-state index contributed by atoms with van der Waals surface area (Å²) in [5.41, 5.74) is -0.324. The molecule has 1 aliphatic carbocycles. The van der Waals surface area contributed by atoms with Crippen LogP contribution in [-0.4, -0.2) is 17.3 Å². The second kappa shape index (κ2) is 6.23. The third-order valence-corrected chi connectivity index (χ3v) is 4.77. The molecule has 1 fully saturated rings. The smallest absolute Gasteiger partial charge is 0.254 e. The summed E-state index contributed by atoms with van der Waals surface area (Å²) in [6.07, 6.45) is 4.98. The molecule has 0 bridgehead atoms. The molecular weight excluding hydrogens is 333 g/mol. The normalized spacial score (nSPS) is 18.1. The lowest BCUT2D eigenvalue weighted by Crippen LogP contribution is -2.51. The minimum Gasteiger partial charge on any atom is -0.345 e. The number of hydrogen-bond donors (Lipinski definition) is 1. The second-order valence-electron chi connectivity index (χ2n) is 5.03. The highest BCUT2D eigenvalue weighted by Crippen LogP contribution is 2.30. The van der Waals surface area contributed by atoms with E-state index in [1.165, 1.54) is 12.5 Å². The summed E-state index contributed by atoms with van der Waals surface area (Å²) in [6, 6.07) is 4.71. The van der Waals surface area contributed by atoms with E-state index in [-0.39, 0.29) is 17.0 Å². The molecule has 0 radical (unpaired) electrons. The number of halogens is 3. The zero-order valence-corrected chi connectivity index (χ0v) is 12.9. The van der Waals surface area contributed by atoms with Gasteiger partial charge in [0.2, 0.25) is 0 Å². The van der Waals surface area contributed by atoms with Crippen LogP contribution in [0.1, 0.15) is 42.5 Å². The van der Waals surface area contributed by atoms with Crippen LogP contribution < -0.4 is 5.32 Å². The van der Waals surface area contributed by atoms with Crippen LogP contribution in [0.3, 0.4) is 0 Å². The first kappa shape index (κ1) is 14.8. The molecule has 0 unspecified atom stereocenters.